The third kappa shape index (κ3) is 3.31. The molecule has 1 atom stereocenters. The van der Waals surface area contributed by atoms with Crippen LogP contribution in [0.25, 0.3) is 0 Å². The lowest BCUT2D eigenvalue weighted by molar-refractivity contribution is 0.0924. The van der Waals surface area contributed by atoms with E-state index in [0.29, 0.717) is 30.9 Å². The molecule has 1 fully saturated rings. The Labute approximate surface area is 113 Å². The highest BCUT2D eigenvalue weighted by molar-refractivity contribution is 5.49. The number of nitrogens with zero attached hydrogens (tertiary/aromatic N) is 3. The molecule has 1 aliphatic heterocycles. The molecule has 0 amide bonds. The average Bonchev–Trinajstić information content (AvgIpc) is 2.47. The molecule has 2 heterocycles. The Bertz CT molecular complexity index is 415. The van der Waals surface area contributed by atoms with Crippen molar-refractivity contribution in [3.8, 4) is 0 Å². The van der Waals surface area contributed by atoms with Crippen LogP contribution in [0.4, 0.5) is 11.6 Å². The van der Waals surface area contributed by atoms with Gasteiger partial charge in [0.2, 0.25) is 0 Å². The van der Waals surface area contributed by atoms with Gasteiger partial charge in [-0.15, -0.1) is 0 Å². The van der Waals surface area contributed by atoms with Crippen LogP contribution in [0.1, 0.15) is 19.2 Å². The van der Waals surface area contributed by atoms with Crippen molar-refractivity contribution < 1.29 is 9.47 Å². The number of hydrogen-bond acceptors (Lipinski definition) is 7. The van der Waals surface area contributed by atoms with Crippen LogP contribution in [0.5, 0.6) is 0 Å². The Morgan fingerprint density at radius 1 is 1.58 bits per heavy atom. The van der Waals surface area contributed by atoms with E-state index in [1.54, 1.807) is 7.11 Å². The number of nitrogen functional groups attached to an aromatic ring is 1. The second-order valence-corrected chi connectivity index (χ2v) is 4.44. The summed E-state index contributed by atoms with van der Waals surface area (Å²) in [6.07, 6.45) is 1.01. The van der Waals surface area contributed by atoms with Gasteiger partial charge < -0.3 is 19.8 Å². The van der Waals surface area contributed by atoms with Gasteiger partial charge in [0.05, 0.1) is 19.3 Å². The van der Waals surface area contributed by atoms with Crippen molar-refractivity contribution in [3.63, 3.8) is 0 Å². The number of ether oxygens (including phenoxy) is 2. The molecule has 0 aromatic carbocycles. The molecule has 106 valence electrons. The zero-order chi connectivity index (χ0) is 13.7. The van der Waals surface area contributed by atoms with Gasteiger partial charge in [0.15, 0.2) is 5.82 Å². The SMILES string of the molecule is CCC1COCCN1c1cc(NN)nc(COC)n1. The van der Waals surface area contributed by atoms with Crippen LogP contribution in [0, 0.1) is 0 Å². The summed E-state index contributed by atoms with van der Waals surface area (Å²) in [4.78, 5) is 11.0. The fourth-order valence-electron chi connectivity index (χ4n) is 2.19. The van der Waals surface area contributed by atoms with Crippen LogP contribution < -0.4 is 16.2 Å². The summed E-state index contributed by atoms with van der Waals surface area (Å²) in [5, 5.41) is 0. The number of hydrogen-bond donors (Lipinski definition) is 2. The lowest BCUT2D eigenvalue weighted by atomic mass is 10.2. The molecule has 7 heteroatoms. The highest BCUT2D eigenvalue weighted by Crippen LogP contribution is 2.21. The van der Waals surface area contributed by atoms with Crippen LogP contribution >= 0.6 is 0 Å². The van der Waals surface area contributed by atoms with Gasteiger partial charge in [-0.2, -0.15) is 0 Å². The van der Waals surface area contributed by atoms with Crippen LogP contribution in [-0.2, 0) is 16.1 Å². The number of nitrogens with two attached hydrogens (primary N) is 1. The van der Waals surface area contributed by atoms with Gasteiger partial charge in [0, 0.05) is 19.7 Å². The summed E-state index contributed by atoms with van der Waals surface area (Å²) in [6, 6.07) is 2.19. The van der Waals surface area contributed by atoms with E-state index >= 15 is 0 Å². The van der Waals surface area contributed by atoms with Crippen molar-refractivity contribution >= 4 is 11.6 Å². The fraction of sp³-hybridized carbons (Fsp3) is 0.667. The standard InChI is InChI=1S/C12H21N5O2/c1-3-9-7-19-5-4-17(9)12-6-10(16-13)14-11(15-12)8-18-2/h6,9H,3-5,7-8,13H2,1-2H3,(H,14,15,16). The van der Waals surface area contributed by atoms with Crippen LogP contribution in [-0.4, -0.2) is 42.9 Å². The third-order valence-corrected chi connectivity index (χ3v) is 3.17. The molecular formula is C12H21N5O2. The predicted molar refractivity (Wildman–Crippen MR) is 72.8 cm³/mol. The molecule has 1 aromatic rings. The number of rotatable bonds is 5. The summed E-state index contributed by atoms with van der Waals surface area (Å²) in [6.45, 7) is 4.78. The van der Waals surface area contributed by atoms with Crippen molar-refractivity contribution in [2.24, 2.45) is 5.84 Å². The van der Waals surface area contributed by atoms with Gasteiger partial charge in [-0.25, -0.2) is 15.8 Å². The normalized spacial score (nSPS) is 19.5. The molecule has 3 N–H and O–H groups in total. The molecule has 19 heavy (non-hydrogen) atoms. The first-order valence-electron chi connectivity index (χ1n) is 6.46. The Morgan fingerprint density at radius 2 is 2.42 bits per heavy atom. The number of anilines is 2. The fourth-order valence-corrected chi connectivity index (χ4v) is 2.19. The van der Waals surface area contributed by atoms with E-state index in [1.165, 1.54) is 0 Å². The van der Waals surface area contributed by atoms with Gasteiger partial charge in [0.25, 0.3) is 0 Å². The number of hydrazine groups is 1. The van der Waals surface area contributed by atoms with E-state index in [1.807, 2.05) is 6.07 Å². The Kier molecular flexibility index (Phi) is 4.89. The maximum absolute atomic E-state index is 5.51. The van der Waals surface area contributed by atoms with Crippen molar-refractivity contribution in [1.29, 1.82) is 0 Å². The lowest BCUT2D eigenvalue weighted by Gasteiger charge is -2.36. The first-order valence-corrected chi connectivity index (χ1v) is 6.46. The molecule has 0 saturated carbocycles. The summed E-state index contributed by atoms with van der Waals surface area (Å²) >= 11 is 0. The van der Waals surface area contributed by atoms with Gasteiger partial charge in [-0.3, -0.25) is 0 Å². The minimum Gasteiger partial charge on any atom is -0.377 e. The Hall–Kier alpha value is -1.44. The third-order valence-electron chi connectivity index (χ3n) is 3.17. The minimum absolute atomic E-state index is 0.338. The molecule has 0 spiro atoms. The first kappa shape index (κ1) is 14.0. The number of methoxy groups -OCH3 is 1. The minimum atomic E-state index is 0.338. The topological polar surface area (TPSA) is 85.5 Å². The van der Waals surface area contributed by atoms with E-state index in [2.05, 4.69) is 27.2 Å². The van der Waals surface area contributed by atoms with E-state index in [-0.39, 0.29) is 0 Å². The zero-order valence-electron chi connectivity index (χ0n) is 11.4. The van der Waals surface area contributed by atoms with Crippen LogP contribution in [0.2, 0.25) is 0 Å². The number of nitrogens with one attached hydrogen (secondary N) is 1. The quantitative estimate of drug-likeness (QED) is 0.594. The molecule has 2 rings (SSSR count). The van der Waals surface area contributed by atoms with Crippen molar-refractivity contribution in [2.75, 3.05) is 37.2 Å². The van der Waals surface area contributed by atoms with Crippen molar-refractivity contribution in [2.45, 2.75) is 26.0 Å². The summed E-state index contributed by atoms with van der Waals surface area (Å²) in [7, 11) is 1.62. The highest BCUT2D eigenvalue weighted by atomic mass is 16.5. The number of aromatic nitrogens is 2. The first-order chi connectivity index (χ1) is 9.28. The van der Waals surface area contributed by atoms with E-state index < -0.39 is 0 Å². The predicted octanol–water partition coefficient (Wildman–Crippen LogP) is 0.524. The smallest absolute Gasteiger partial charge is 0.158 e. The highest BCUT2D eigenvalue weighted by Gasteiger charge is 2.23. The Morgan fingerprint density at radius 3 is 3.11 bits per heavy atom. The molecule has 0 bridgehead atoms. The molecule has 0 radical (unpaired) electrons. The van der Waals surface area contributed by atoms with Crippen molar-refractivity contribution in [3.05, 3.63) is 11.9 Å². The molecule has 1 aliphatic rings. The van der Waals surface area contributed by atoms with Gasteiger partial charge in [0.1, 0.15) is 18.2 Å². The van der Waals surface area contributed by atoms with Crippen LogP contribution in [0.15, 0.2) is 6.07 Å². The van der Waals surface area contributed by atoms with Crippen molar-refractivity contribution in [1.82, 2.24) is 9.97 Å². The molecule has 0 aliphatic carbocycles. The van der Waals surface area contributed by atoms with E-state index in [4.69, 9.17) is 15.3 Å². The number of morpholine rings is 1. The molecule has 7 nitrogen and oxygen atoms in total. The Balaban J connectivity index is 2.28. The maximum Gasteiger partial charge on any atom is 0.158 e. The molecule has 1 saturated heterocycles. The van der Waals surface area contributed by atoms with Crippen LogP contribution in [0.3, 0.4) is 0 Å². The monoisotopic (exact) mass is 267 g/mol. The second kappa shape index (κ2) is 6.65. The average molecular weight is 267 g/mol. The van der Waals surface area contributed by atoms with E-state index in [0.717, 1.165) is 25.4 Å². The molecular weight excluding hydrogens is 246 g/mol. The molecule has 1 unspecified atom stereocenters. The lowest BCUT2D eigenvalue weighted by Crippen LogP contribution is -2.45. The van der Waals surface area contributed by atoms with E-state index in [9.17, 15) is 0 Å². The summed E-state index contributed by atoms with van der Waals surface area (Å²) in [5.41, 5.74) is 2.57. The summed E-state index contributed by atoms with van der Waals surface area (Å²) in [5.74, 6) is 7.54. The largest absolute Gasteiger partial charge is 0.377 e. The zero-order valence-corrected chi connectivity index (χ0v) is 11.4. The maximum atomic E-state index is 5.51. The van der Waals surface area contributed by atoms with Gasteiger partial charge in [-0.05, 0) is 6.42 Å². The van der Waals surface area contributed by atoms with Gasteiger partial charge >= 0.3 is 0 Å². The summed E-state index contributed by atoms with van der Waals surface area (Å²) < 4.78 is 10.6. The second-order valence-electron chi connectivity index (χ2n) is 4.44. The van der Waals surface area contributed by atoms with Gasteiger partial charge in [-0.1, -0.05) is 6.92 Å². The molecule has 1 aromatic heterocycles.